The normalized spacial score (nSPS) is 23.5. The molecule has 1 aliphatic heterocycles. The van der Waals surface area contributed by atoms with Crippen molar-refractivity contribution >= 4 is 20.2 Å². The number of rotatable bonds is 8. The Morgan fingerprint density at radius 1 is 1.50 bits per heavy atom. The SMILES string of the molecule is C[C@@H](O[Si](C)(C)C(C)(C)C)[C@H]1C(=O)N[C@@H]1[C@H](CCN=[N+]=[N-])C(=O)O. The zero-order valence-corrected chi connectivity index (χ0v) is 16.2. The van der Waals surface area contributed by atoms with Crippen LogP contribution in [0.25, 0.3) is 10.4 Å². The number of nitrogens with one attached hydrogen (secondary N) is 1. The summed E-state index contributed by atoms with van der Waals surface area (Å²) in [5.74, 6) is -2.46. The molecule has 4 atom stereocenters. The molecule has 1 fully saturated rings. The van der Waals surface area contributed by atoms with Crippen molar-refractivity contribution in [3.8, 4) is 0 Å². The van der Waals surface area contributed by atoms with Crippen molar-refractivity contribution in [2.24, 2.45) is 17.0 Å². The van der Waals surface area contributed by atoms with E-state index >= 15 is 0 Å². The number of hydrogen-bond acceptors (Lipinski definition) is 4. The van der Waals surface area contributed by atoms with E-state index in [9.17, 15) is 14.7 Å². The van der Waals surface area contributed by atoms with Crippen molar-refractivity contribution in [2.45, 2.75) is 64.4 Å². The fourth-order valence-electron chi connectivity index (χ4n) is 2.69. The molecule has 136 valence electrons. The molecule has 0 bridgehead atoms. The van der Waals surface area contributed by atoms with Gasteiger partial charge in [-0.15, -0.1) is 0 Å². The summed E-state index contributed by atoms with van der Waals surface area (Å²) in [4.78, 5) is 26.2. The average Bonchev–Trinajstić information content (AvgIpc) is 2.39. The maximum absolute atomic E-state index is 12.0. The number of amides is 1. The Labute approximate surface area is 143 Å². The minimum absolute atomic E-state index is 0.00465. The van der Waals surface area contributed by atoms with Crippen LogP contribution in [0.15, 0.2) is 5.11 Å². The smallest absolute Gasteiger partial charge is 0.308 e. The monoisotopic (exact) mass is 356 g/mol. The largest absolute Gasteiger partial charge is 0.481 e. The Hall–Kier alpha value is -1.57. The highest BCUT2D eigenvalue weighted by Crippen LogP contribution is 2.39. The second kappa shape index (κ2) is 7.54. The van der Waals surface area contributed by atoms with Crippen molar-refractivity contribution in [1.82, 2.24) is 5.32 Å². The van der Waals surface area contributed by atoms with Crippen LogP contribution in [-0.2, 0) is 14.0 Å². The number of azide groups is 1. The summed E-state index contributed by atoms with van der Waals surface area (Å²) in [5.41, 5.74) is 8.34. The van der Waals surface area contributed by atoms with Gasteiger partial charge in [-0.3, -0.25) is 9.59 Å². The summed E-state index contributed by atoms with van der Waals surface area (Å²) in [6.07, 6.45) is -0.167. The van der Waals surface area contributed by atoms with E-state index < -0.39 is 32.2 Å². The van der Waals surface area contributed by atoms with Crippen LogP contribution in [0.4, 0.5) is 0 Å². The van der Waals surface area contributed by atoms with Crippen LogP contribution >= 0.6 is 0 Å². The minimum Gasteiger partial charge on any atom is -0.481 e. The molecule has 8 nitrogen and oxygen atoms in total. The summed E-state index contributed by atoms with van der Waals surface area (Å²) in [7, 11) is -2.06. The maximum atomic E-state index is 12.0. The van der Waals surface area contributed by atoms with Gasteiger partial charge in [0.2, 0.25) is 5.91 Å². The fourth-order valence-corrected chi connectivity index (χ4v) is 4.12. The molecule has 1 aliphatic rings. The highest BCUT2D eigenvalue weighted by atomic mass is 28.4. The summed E-state index contributed by atoms with van der Waals surface area (Å²) in [5, 5.41) is 15.5. The first-order chi connectivity index (χ1) is 10.9. The van der Waals surface area contributed by atoms with Gasteiger partial charge in [-0.05, 0) is 37.0 Å². The molecule has 0 aromatic rings. The third-order valence-electron chi connectivity index (χ3n) is 5.15. The van der Waals surface area contributed by atoms with Crippen molar-refractivity contribution in [2.75, 3.05) is 6.54 Å². The first kappa shape index (κ1) is 20.5. The molecule has 0 radical (unpaired) electrons. The third-order valence-corrected chi connectivity index (χ3v) is 9.72. The van der Waals surface area contributed by atoms with Crippen LogP contribution in [0.5, 0.6) is 0 Å². The van der Waals surface area contributed by atoms with Crippen molar-refractivity contribution in [3.63, 3.8) is 0 Å². The number of aliphatic carboxylic acids is 1. The number of carboxylic acid groups (broad SMARTS) is 1. The van der Waals surface area contributed by atoms with E-state index in [-0.39, 0.29) is 30.0 Å². The molecule has 1 amide bonds. The lowest BCUT2D eigenvalue weighted by Gasteiger charge is -2.47. The highest BCUT2D eigenvalue weighted by molar-refractivity contribution is 6.74. The van der Waals surface area contributed by atoms with Crippen LogP contribution in [-0.4, -0.2) is 44.0 Å². The van der Waals surface area contributed by atoms with E-state index in [1.165, 1.54) is 0 Å². The quantitative estimate of drug-likeness (QED) is 0.228. The van der Waals surface area contributed by atoms with Gasteiger partial charge in [-0.1, -0.05) is 25.9 Å². The van der Waals surface area contributed by atoms with E-state index in [0.29, 0.717) is 0 Å². The van der Waals surface area contributed by atoms with E-state index in [1.54, 1.807) is 0 Å². The number of hydrogen-bond donors (Lipinski definition) is 2. The molecule has 9 heteroatoms. The van der Waals surface area contributed by atoms with Crippen LogP contribution < -0.4 is 5.32 Å². The molecule has 0 unspecified atom stereocenters. The molecule has 0 spiro atoms. The molecule has 2 N–H and O–H groups in total. The van der Waals surface area contributed by atoms with Crippen molar-refractivity contribution < 1.29 is 19.1 Å². The second-order valence-electron chi connectivity index (χ2n) is 7.83. The predicted molar refractivity (Wildman–Crippen MR) is 92.9 cm³/mol. The lowest BCUT2D eigenvalue weighted by Crippen LogP contribution is -2.67. The number of carbonyl (C=O) groups excluding carboxylic acids is 1. The summed E-state index contributed by atoms with van der Waals surface area (Å²) < 4.78 is 6.27. The van der Waals surface area contributed by atoms with Crippen LogP contribution in [0, 0.1) is 11.8 Å². The van der Waals surface area contributed by atoms with Crippen molar-refractivity contribution in [1.29, 1.82) is 0 Å². The topological polar surface area (TPSA) is 124 Å². The molecule has 1 rings (SSSR count). The van der Waals surface area contributed by atoms with Gasteiger partial charge in [0.05, 0.1) is 24.0 Å². The Kier molecular flexibility index (Phi) is 6.43. The summed E-state index contributed by atoms with van der Waals surface area (Å²) >= 11 is 0. The standard InChI is InChI=1S/C15H28N4O4Si/c1-9(23-24(5,6)15(2,3)4)11-12(18-13(11)20)10(14(21)22)7-8-17-19-16/h9-12H,7-8H2,1-6H3,(H,18,20)(H,21,22)/t9-,10+,11-,12-/m1/s1. The number of nitrogens with zero attached hydrogens (tertiary/aromatic N) is 3. The van der Waals surface area contributed by atoms with Gasteiger partial charge in [0.1, 0.15) is 0 Å². The average molecular weight is 356 g/mol. The van der Waals surface area contributed by atoms with Gasteiger partial charge in [-0.2, -0.15) is 0 Å². The molecule has 0 aromatic heterocycles. The lowest BCUT2D eigenvalue weighted by molar-refractivity contribution is -0.152. The first-order valence-corrected chi connectivity index (χ1v) is 11.0. The molecule has 0 aromatic carbocycles. The van der Waals surface area contributed by atoms with Crippen LogP contribution in [0.1, 0.15) is 34.1 Å². The van der Waals surface area contributed by atoms with E-state index in [0.717, 1.165) is 0 Å². The molecular weight excluding hydrogens is 328 g/mol. The molecular formula is C15H28N4O4Si. The highest BCUT2D eigenvalue weighted by Gasteiger charge is 2.51. The zero-order chi connectivity index (χ0) is 18.7. The van der Waals surface area contributed by atoms with E-state index in [4.69, 9.17) is 9.96 Å². The van der Waals surface area contributed by atoms with Gasteiger partial charge in [-0.25, -0.2) is 0 Å². The number of β-lactam (4-membered cyclic amide) rings is 1. The maximum Gasteiger partial charge on any atom is 0.308 e. The molecule has 0 saturated carbocycles. The van der Waals surface area contributed by atoms with Gasteiger partial charge in [0.15, 0.2) is 8.32 Å². The molecule has 1 heterocycles. The first-order valence-electron chi connectivity index (χ1n) is 8.14. The summed E-state index contributed by atoms with van der Waals surface area (Å²) in [6.45, 7) is 12.5. The summed E-state index contributed by atoms with van der Waals surface area (Å²) in [6, 6.07) is -0.497. The Balaban J connectivity index is 2.86. The van der Waals surface area contributed by atoms with Gasteiger partial charge in [0.25, 0.3) is 0 Å². The second-order valence-corrected chi connectivity index (χ2v) is 12.6. The minimum atomic E-state index is -2.06. The van der Waals surface area contributed by atoms with Crippen LogP contribution in [0.2, 0.25) is 18.1 Å². The fraction of sp³-hybridized carbons (Fsp3) is 0.867. The molecule has 1 saturated heterocycles. The van der Waals surface area contributed by atoms with Crippen molar-refractivity contribution in [3.05, 3.63) is 10.4 Å². The Bertz CT molecular complexity index is 540. The zero-order valence-electron chi connectivity index (χ0n) is 15.2. The molecule has 24 heavy (non-hydrogen) atoms. The lowest BCUT2D eigenvalue weighted by atomic mass is 9.77. The number of carboxylic acids is 1. The van der Waals surface area contributed by atoms with Gasteiger partial charge < -0.3 is 14.8 Å². The Morgan fingerprint density at radius 2 is 2.08 bits per heavy atom. The Morgan fingerprint density at radius 3 is 2.50 bits per heavy atom. The van der Waals surface area contributed by atoms with Gasteiger partial charge >= 0.3 is 5.97 Å². The van der Waals surface area contributed by atoms with E-state index in [2.05, 4.69) is 49.2 Å². The van der Waals surface area contributed by atoms with Crippen LogP contribution in [0.3, 0.4) is 0 Å². The number of carbonyl (C=O) groups is 2. The van der Waals surface area contributed by atoms with E-state index in [1.807, 2.05) is 6.92 Å². The third kappa shape index (κ3) is 4.49. The molecule has 0 aliphatic carbocycles. The van der Waals surface area contributed by atoms with Gasteiger partial charge in [0, 0.05) is 11.5 Å². The predicted octanol–water partition coefficient (Wildman–Crippen LogP) is 2.91.